The fourth-order valence-electron chi connectivity index (χ4n) is 0.971. The van der Waals surface area contributed by atoms with Crippen LogP contribution in [0.5, 0.6) is 0 Å². The Morgan fingerprint density at radius 3 is 2.19 bits per heavy atom. The molecule has 4 nitrogen and oxygen atoms in total. The van der Waals surface area contributed by atoms with Crippen LogP contribution in [0.4, 0.5) is 5.69 Å². The third-order valence-electron chi connectivity index (χ3n) is 1.90. The highest BCUT2D eigenvalue weighted by Crippen LogP contribution is 2.34. The molecule has 0 aliphatic rings. The zero-order valence-corrected chi connectivity index (χ0v) is 12.0. The number of halogens is 2. The second kappa shape index (κ2) is 4.50. The molecule has 0 fully saturated rings. The first-order valence-corrected chi connectivity index (χ1v) is 7.49. The molecule has 0 amide bonds. The number of ketones is 1. The minimum absolute atomic E-state index is 0.212. The van der Waals surface area contributed by atoms with Crippen LogP contribution in [0.1, 0.15) is 10.4 Å². The zero-order chi connectivity index (χ0) is 12.6. The minimum Gasteiger partial charge on any atom is -0.399 e. The van der Waals surface area contributed by atoms with E-state index in [2.05, 4.69) is 0 Å². The lowest BCUT2D eigenvalue weighted by Gasteiger charge is -2.16. The summed E-state index contributed by atoms with van der Waals surface area (Å²) in [6.45, 7) is 0. The van der Waals surface area contributed by atoms with Crippen molar-refractivity contribution in [3.05, 3.63) is 29.8 Å². The molecule has 0 spiro atoms. The highest BCUT2D eigenvalue weighted by atomic mass is 127. The number of Topliss-reactive ketones (excluding diaryl/α,β-unsaturated/α-hetero) is 1. The molecule has 0 heterocycles. The molecule has 0 saturated heterocycles. The lowest BCUT2D eigenvalue weighted by molar-refractivity contribution is 0.100. The average molecular weight is 374 g/mol. The maximum atomic E-state index is 11.9. The van der Waals surface area contributed by atoms with Crippen molar-refractivity contribution in [2.45, 2.75) is 2.21 Å². The molecule has 0 aliphatic carbocycles. The molecule has 1 rings (SSSR count). The molecular weight excluding hydrogens is 365 g/mol. The number of carbonyl (C=O) groups excluding carboxylic acids is 1. The molecule has 1 aromatic carbocycles. The van der Waals surface area contributed by atoms with Gasteiger partial charge in [-0.2, -0.15) is 0 Å². The number of alkyl halides is 2. The van der Waals surface area contributed by atoms with E-state index in [1.807, 2.05) is 0 Å². The first kappa shape index (κ1) is 13.7. The Morgan fingerprint density at radius 2 is 1.81 bits per heavy atom. The lowest BCUT2D eigenvalue weighted by Crippen LogP contribution is -2.34. The van der Waals surface area contributed by atoms with E-state index in [0.29, 0.717) is 5.69 Å². The molecule has 0 radical (unpaired) electrons. The van der Waals surface area contributed by atoms with Crippen LogP contribution in [0.3, 0.4) is 0 Å². The molecule has 16 heavy (non-hydrogen) atoms. The van der Waals surface area contributed by atoms with Gasteiger partial charge in [0.25, 0.3) is 2.21 Å². The average Bonchev–Trinajstić information content (AvgIpc) is 2.16. The summed E-state index contributed by atoms with van der Waals surface area (Å²) in [7, 11) is -3.69. The maximum absolute atomic E-state index is 11.9. The van der Waals surface area contributed by atoms with Crippen molar-refractivity contribution in [3.8, 4) is 0 Å². The molecule has 0 saturated carbocycles. The van der Waals surface area contributed by atoms with E-state index in [0.717, 1.165) is 6.26 Å². The number of nitrogen functional groups attached to an aromatic ring is 1. The van der Waals surface area contributed by atoms with Crippen LogP contribution in [0.25, 0.3) is 0 Å². The van der Waals surface area contributed by atoms with Crippen molar-refractivity contribution in [3.63, 3.8) is 0 Å². The monoisotopic (exact) mass is 373 g/mol. The van der Waals surface area contributed by atoms with E-state index < -0.39 is 17.8 Å². The highest BCUT2D eigenvalue weighted by Gasteiger charge is 2.43. The Morgan fingerprint density at radius 1 is 1.38 bits per heavy atom. The van der Waals surface area contributed by atoms with Gasteiger partial charge in [-0.3, -0.25) is 4.79 Å². The molecule has 88 valence electrons. The van der Waals surface area contributed by atoms with Gasteiger partial charge in [0.05, 0.1) is 0 Å². The van der Waals surface area contributed by atoms with Crippen molar-refractivity contribution >= 4 is 55.5 Å². The van der Waals surface area contributed by atoms with Gasteiger partial charge in [0, 0.05) is 17.5 Å². The van der Waals surface area contributed by atoms with Gasteiger partial charge < -0.3 is 5.73 Å². The van der Waals surface area contributed by atoms with Crippen molar-refractivity contribution in [2.75, 3.05) is 12.0 Å². The quantitative estimate of drug-likeness (QED) is 0.379. The van der Waals surface area contributed by atoms with Crippen LogP contribution in [0, 0.1) is 0 Å². The van der Waals surface area contributed by atoms with Gasteiger partial charge in [-0.05, 0) is 46.9 Å². The molecule has 1 aromatic rings. The topological polar surface area (TPSA) is 77.2 Å². The molecule has 0 aromatic heterocycles. The molecule has 0 unspecified atom stereocenters. The number of carbonyl (C=O) groups is 1. The Labute approximate surface area is 112 Å². The first-order chi connectivity index (χ1) is 7.16. The summed E-state index contributed by atoms with van der Waals surface area (Å²) in [5.74, 6) is -0.669. The van der Waals surface area contributed by atoms with E-state index in [4.69, 9.17) is 17.3 Å². The molecule has 2 N–H and O–H groups in total. The van der Waals surface area contributed by atoms with Crippen molar-refractivity contribution in [2.24, 2.45) is 0 Å². The van der Waals surface area contributed by atoms with E-state index >= 15 is 0 Å². The van der Waals surface area contributed by atoms with Crippen LogP contribution in [0.2, 0.25) is 0 Å². The van der Waals surface area contributed by atoms with Crippen LogP contribution >= 0.6 is 34.2 Å². The smallest absolute Gasteiger partial charge is 0.257 e. The third-order valence-corrected chi connectivity index (χ3v) is 6.92. The van der Waals surface area contributed by atoms with E-state index in [1.165, 1.54) is 46.9 Å². The molecule has 7 heteroatoms. The van der Waals surface area contributed by atoms with Gasteiger partial charge in [0.1, 0.15) is 0 Å². The summed E-state index contributed by atoms with van der Waals surface area (Å²) in [5.41, 5.74) is 6.16. The van der Waals surface area contributed by atoms with Crippen LogP contribution < -0.4 is 5.73 Å². The second-order valence-corrected chi connectivity index (χ2v) is 9.18. The molecular formula is C9H9ClINO3S. The number of sulfone groups is 1. The normalized spacial score (nSPS) is 15.4. The fourth-order valence-corrected chi connectivity index (χ4v) is 1.85. The Hall–Kier alpha value is -0.340. The fraction of sp³-hybridized carbons (Fsp3) is 0.222. The predicted molar refractivity (Wildman–Crippen MR) is 72.6 cm³/mol. The Balaban J connectivity index is 3.18. The number of anilines is 1. The van der Waals surface area contributed by atoms with Gasteiger partial charge in [-0.1, -0.05) is 11.6 Å². The Bertz CT molecular complexity index is 510. The summed E-state index contributed by atoms with van der Waals surface area (Å²) in [6, 6.07) is 5.91. The van der Waals surface area contributed by atoms with Gasteiger partial charge in [0.15, 0.2) is 9.84 Å². The SMILES string of the molecule is CS(=O)(=O)[C@](Cl)(I)C(=O)c1ccc(N)cc1. The summed E-state index contributed by atoms with van der Waals surface area (Å²) >= 11 is 7.17. The van der Waals surface area contributed by atoms with Crippen molar-refractivity contribution < 1.29 is 13.2 Å². The van der Waals surface area contributed by atoms with Crippen molar-refractivity contribution in [1.82, 2.24) is 0 Å². The molecule has 0 aliphatic heterocycles. The van der Waals surface area contributed by atoms with Crippen LogP contribution in [-0.4, -0.2) is 22.7 Å². The minimum atomic E-state index is -3.69. The number of rotatable bonds is 3. The predicted octanol–water partition coefficient (Wildman–Crippen LogP) is 1.82. The van der Waals surface area contributed by atoms with Crippen LogP contribution in [0.15, 0.2) is 24.3 Å². The number of hydrogen-bond acceptors (Lipinski definition) is 4. The Kier molecular flexibility index (Phi) is 3.86. The number of benzene rings is 1. The summed E-state index contributed by atoms with van der Waals surface area (Å²) in [5, 5.41) is 0. The summed E-state index contributed by atoms with van der Waals surface area (Å²) < 4.78 is 20.7. The second-order valence-electron chi connectivity index (χ2n) is 3.24. The highest BCUT2D eigenvalue weighted by molar-refractivity contribution is 14.1. The molecule has 0 bridgehead atoms. The standard InChI is InChI=1S/C9H9ClINO3S/c1-16(14,15)9(10,11)8(13)6-2-4-7(12)5-3-6/h2-5H,12H2,1H3/t9-/m1/s1. The first-order valence-electron chi connectivity index (χ1n) is 4.14. The summed E-state index contributed by atoms with van der Waals surface area (Å²) in [6.07, 6.45) is 0.918. The maximum Gasteiger partial charge on any atom is 0.257 e. The van der Waals surface area contributed by atoms with Crippen LogP contribution in [-0.2, 0) is 9.84 Å². The van der Waals surface area contributed by atoms with Crippen molar-refractivity contribution in [1.29, 1.82) is 0 Å². The van der Waals surface area contributed by atoms with Gasteiger partial charge in [-0.25, -0.2) is 8.42 Å². The lowest BCUT2D eigenvalue weighted by atomic mass is 10.1. The van der Waals surface area contributed by atoms with E-state index in [9.17, 15) is 13.2 Å². The van der Waals surface area contributed by atoms with Gasteiger partial charge in [0.2, 0.25) is 5.78 Å². The molecule has 1 atom stereocenters. The van der Waals surface area contributed by atoms with Gasteiger partial charge >= 0.3 is 0 Å². The zero-order valence-electron chi connectivity index (χ0n) is 8.28. The summed E-state index contributed by atoms with van der Waals surface area (Å²) in [4.78, 5) is 11.9. The number of nitrogens with two attached hydrogens (primary N) is 1. The largest absolute Gasteiger partial charge is 0.399 e. The van der Waals surface area contributed by atoms with Gasteiger partial charge in [-0.15, -0.1) is 0 Å². The third kappa shape index (κ3) is 2.67. The number of hydrogen-bond donors (Lipinski definition) is 1. The van der Waals surface area contributed by atoms with E-state index in [-0.39, 0.29) is 5.56 Å². The van der Waals surface area contributed by atoms with E-state index in [1.54, 1.807) is 0 Å².